The highest BCUT2D eigenvalue weighted by Gasteiger charge is 2.22. The fourth-order valence-electron chi connectivity index (χ4n) is 3.15. The summed E-state index contributed by atoms with van der Waals surface area (Å²) in [5.74, 6) is 0. The lowest BCUT2D eigenvalue weighted by atomic mass is 9.89. The lowest BCUT2D eigenvalue weighted by Crippen LogP contribution is -3.14. The van der Waals surface area contributed by atoms with E-state index >= 15 is 0 Å². The van der Waals surface area contributed by atoms with Crippen LogP contribution in [0, 0.1) is 0 Å². The fourth-order valence-corrected chi connectivity index (χ4v) is 3.15. The first-order chi connectivity index (χ1) is 10.7. The summed E-state index contributed by atoms with van der Waals surface area (Å²) >= 11 is 0. The van der Waals surface area contributed by atoms with E-state index in [0.717, 1.165) is 24.2 Å². The normalized spacial score (nSPS) is 19.2. The minimum atomic E-state index is -0.581. The van der Waals surface area contributed by atoms with Crippen LogP contribution in [0.2, 0.25) is 0 Å². The summed E-state index contributed by atoms with van der Waals surface area (Å²) in [4.78, 5) is 0.991. The molecule has 0 aliphatic heterocycles. The van der Waals surface area contributed by atoms with E-state index in [1.807, 2.05) is 6.07 Å². The Morgan fingerprint density at radius 3 is 2.64 bits per heavy atom. The number of benzene rings is 1. The molecule has 0 bridgehead atoms. The van der Waals surface area contributed by atoms with E-state index in [9.17, 15) is 5.11 Å². The van der Waals surface area contributed by atoms with Crippen LogP contribution in [0.1, 0.15) is 30.1 Å². The predicted octanol–water partition coefficient (Wildman–Crippen LogP) is -0.689. The number of rotatable bonds is 9. The summed E-state index contributed by atoms with van der Waals surface area (Å²) in [6.07, 6.45) is 2.70. The monoisotopic (exact) mass is 310 g/mol. The molecule has 0 fully saturated rings. The molecule has 1 aliphatic rings. The molecule has 5 nitrogen and oxygen atoms in total. The number of nitrogens with one attached hydrogen (secondary N) is 1. The number of hydrogen-bond acceptors (Lipinski definition) is 4. The van der Waals surface area contributed by atoms with Gasteiger partial charge in [0.15, 0.2) is 0 Å². The van der Waals surface area contributed by atoms with Crippen molar-refractivity contribution < 1.29 is 25.0 Å². The maximum absolute atomic E-state index is 10.1. The Balaban J connectivity index is 1.82. The molecule has 1 aromatic carbocycles. The lowest BCUT2D eigenvalue weighted by Gasteiger charge is -2.27. The number of aliphatic hydroxyl groups is 3. The minimum Gasteiger partial charge on any atom is -0.391 e. The molecular formula is C17H28NO4+. The standard InChI is InChI=1S/C17H27NO4/c19-10-8-18(9-11-20)12-15(21)13-22-17-7-3-5-14-4-1-2-6-16(14)17/h1-2,4,6,15,17,19-21H,3,5,7-13H2/p+1/t15-,17-/m0/s1. The second kappa shape index (κ2) is 9.22. The van der Waals surface area contributed by atoms with Gasteiger partial charge in [0.25, 0.3) is 0 Å². The number of aryl methyl sites for hydroxylation is 1. The van der Waals surface area contributed by atoms with E-state index in [4.69, 9.17) is 14.9 Å². The van der Waals surface area contributed by atoms with Gasteiger partial charge in [-0.05, 0) is 30.4 Å². The molecule has 0 saturated heterocycles. The van der Waals surface area contributed by atoms with Gasteiger partial charge in [-0.2, -0.15) is 0 Å². The Bertz CT molecular complexity index is 434. The molecule has 0 aromatic heterocycles. The van der Waals surface area contributed by atoms with E-state index < -0.39 is 6.10 Å². The molecule has 1 aromatic rings. The molecule has 2 atom stereocenters. The predicted molar refractivity (Wildman–Crippen MR) is 83.8 cm³/mol. The van der Waals surface area contributed by atoms with Crippen molar-refractivity contribution in [3.8, 4) is 0 Å². The molecular weight excluding hydrogens is 282 g/mol. The maximum atomic E-state index is 10.1. The first kappa shape index (κ1) is 17.4. The molecule has 0 unspecified atom stereocenters. The van der Waals surface area contributed by atoms with Crippen LogP contribution >= 0.6 is 0 Å². The maximum Gasteiger partial charge on any atom is 0.126 e. The van der Waals surface area contributed by atoms with Crippen molar-refractivity contribution in [1.29, 1.82) is 0 Å². The molecule has 5 heteroatoms. The van der Waals surface area contributed by atoms with Crippen molar-refractivity contribution in [2.45, 2.75) is 31.5 Å². The molecule has 0 amide bonds. The highest BCUT2D eigenvalue weighted by atomic mass is 16.5. The van der Waals surface area contributed by atoms with Crippen LogP contribution in [0.4, 0.5) is 0 Å². The molecule has 0 spiro atoms. The fraction of sp³-hybridized carbons (Fsp3) is 0.647. The molecule has 0 heterocycles. The quantitative estimate of drug-likeness (QED) is 0.487. The molecule has 124 valence electrons. The number of quaternary nitrogens is 1. The Hall–Kier alpha value is -0.980. The summed E-state index contributed by atoms with van der Waals surface area (Å²) in [7, 11) is 0. The van der Waals surface area contributed by atoms with Crippen molar-refractivity contribution >= 4 is 0 Å². The van der Waals surface area contributed by atoms with Gasteiger partial charge in [0, 0.05) is 0 Å². The van der Waals surface area contributed by atoms with Gasteiger partial charge in [-0.3, -0.25) is 0 Å². The van der Waals surface area contributed by atoms with Crippen molar-refractivity contribution in [2.75, 3.05) is 39.5 Å². The zero-order chi connectivity index (χ0) is 15.8. The van der Waals surface area contributed by atoms with Gasteiger partial charge >= 0.3 is 0 Å². The summed E-state index contributed by atoms with van der Waals surface area (Å²) < 4.78 is 5.94. The summed E-state index contributed by atoms with van der Waals surface area (Å²) in [6, 6.07) is 8.35. The average Bonchev–Trinajstić information content (AvgIpc) is 2.53. The third-order valence-electron chi connectivity index (χ3n) is 4.26. The third kappa shape index (κ3) is 5.04. The van der Waals surface area contributed by atoms with Gasteiger partial charge in [-0.15, -0.1) is 0 Å². The minimum absolute atomic E-state index is 0.0545. The van der Waals surface area contributed by atoms with E-state index in [1.54, 1.807) is 0 Å². The van der Waals surface area contributed by atoms with Gasteiger partial charge < -0.3 is 25.0 Å². The first-order valence-electron chi connectivity index (χ1n) is 8.17. The molecule has 0 saturated carbocycles. The van der Waals surface area contributed by atoms with E-state index in [2.05, 4.69) is 18.2 Å². The first-order valence-corrected chi connectivity index (χ1v) is 8.17. The van der Waals surface area contributed by atoms with Gasteiger partial charge in [-0.25, -0.2) is 0 Å². The van der Waals surface area contributed by atoms with Crippen LogP contribution in [0.3, 0.4) is 0 Å². The SMILES string of the molecule is OCC[NH+](CCO)C[C@H](O)CO[C@H]1CCCc2ccccc21. The molecule has 0 radical (unpaired) electrons. The Kier molecular flexibility index (Phi) is 7.29. The number of ether oxygens (including phenoxy) is 1. The largest absolute Gasteiger partial charge is 0.391 e. The van der Waals surface area contributed by atoms with Gasteiger partial charge in [0.1, 0.15) is 25.7 Å². The van der Waals surface area contributed by atoms with Gasteiger partial charge in [0.05, 0.1) is 25.9 Å². The molecule has 2 rings (SSSR count). The van der Waals surface area contributed by atoms with E-state index in [-0.39, 0.29) is 19.3 Å². The van der Waals surface area contributed by atoms with Crippen LogP contribution in [0.25, 0.3) is 0 Å². The average molecular weight is 310 g/mol. The Labute approximate surface area is 132 Å². The van der Waals surface area contributed by atoms with E-state index in [0.29, 0.717) is 26.2 Å². The number of hydrogen-bond donors (Lipinski definition) is 4. The highest BCUT2D eigenvalue weighted by Crippen LogP contribution is 2.32. The van der Waals surface area contributed by atoms with Crippen LogP contribution in [-0.4, -0.2) is 60.9 Å². The summed E-state index contributed by atoms with van der Waals surface area (Å²) in [5, 5.41) is 28.2. The summed E-state index contributed by atoms with van der Waals surface area (Å²) in [6.45, 7) is 1.94. The number of aliphatic hydroxyl groups excluding tert-OH is 3. The van der Waals surface area contributed by atoms with Crippen LogP contribution in [0.15, 0.2) is 24.3 Å². The van der Waals surface area contributed by atoms with Crippen molar-refractivity contribution in [3.05, 3.63) is 35.4 Å². The van der Waals surface area contributed by atoms with Crippen LogP contribution < -0.4 is 4.90 Å². The Morgan fingerprint density at radius 2 is 1.91 bits per heavy atom. The smallest absolute Gasteiger partial charge is 0.126 e. The summed E-state index contributed by atoms with van der Waals surface area (Å²) in [5.41, 5.74) is 2.59. The van der Waals surface area contributed by atoms with Crippen molar-refractivity contribution in [3.63, 3.8) is 0 Å². The van der Waals surface area contributed by atoms with Crippen LogP contribution in [-0.2, 0) is 11.2 Å². The Morgan fingerprint density at radius 1 is 1.18 bits per heavy atom. The second-order valence-electron chi connectivity index (χ2n) is 5.97. The van der Waals surface area contributed by atoms with Crippen molar-refractivity contribution in [2.24, 2.45) is 0 Å². The molecule has 1 aliphatic carbocycles. The molecule has 22 heavy (non-hydrogen) atoms. The third-order valence-corrected chi connectivity index (χ3v) is 4.26. The molecule has 4 N–H and O–H groups in total. The number of fused-ring (bicyclic) bond motifs is 1. The topological polar surface area (TPSA) is 74.4 Å². The van der Waals surface area contributed by atoms with Crippen LogP contribution in [0.5, 0.6) is 0 Å². The highest BCUT2D eigenvalue weighted by molar-refractivity contribution is 5.31. The zero-order valence-corrected chi connectivity index (χ0v) is 13.1. The second-order valence-corrected chi connectivity index (χ2v) is 5.97. The van der Waals surface area contributed by atoms with Gasteiger partial charge in [0.2, 0.25) is 0 Å². The van der Waals surface area contributed by atoms with Gasteiger partial charge in [-0.1, -0.05) is 24.3 Å². The lowest BCUT2D eigenvalue weighted by molar-refractivity contribution is -0.904. The van der Waals surface area contributed by atoms with Crippen molar-refractivity contribution in [1.82, 2.24) is 0 Å². The van der Waals surface area contributed by atoms with E-state index in [1.165, 1.54) is 11.1 Å². The zero-order valence-electron chi connectivity index (χ0n) is 13.1.